The molecule has 0 saturated heterocycles. The van der Waals surface area contributed by atoms with Crippen molar-refractivity contribution in [2.75, 3.05) is 6.61 Å². The van der Waals surface area contributed by atoms with Crippen LogP contribution in [0.25, 0.3) is 22.0 Å². The van der Waals surface area contributed by atoms with E-state index in [0.29, 0.717) is 12.4 Å². The Balaban J connectivity index is 1.49. The molecular weight excluding hydrogens is 392 g/mol. The van der Waals surface area contributed by atoms with E-state index in [-0.39, 0.29) is 0 Å². The van der Waals surface area contributed by atoms with E-state index in [1.165, 1.54) is 0 Å². The highest BCUT2D eigenvalue weighted by atomic mass is 28.3. The van der Waals surface area contributed by atoms with E-state index in [2.05, 4.69) is 46.5 Å². The van der Waals surface area contributed by atoms with Crippen LogP contribution in [0.2, 0.25) is 25.7 Å². The van der Waals surface area contributed by atoms with Crippen LogP contribution < -0.4 is 0 Å². The highest BCUT2D eigenvalue weighted by molar-refractivity contribution is 6.76. The van der Waals surface area contributed by atoms with Crippen molar-refractivity contribution < 1.29 is 9.84 Å². The number of pyridine rings is 1. The SMILES string of the molecule is C[Si](C)(C)CCOCn1cc(-c2c[nH]c3cnc(C#CC4(O)CCCC4)cc23)cn1. The van der Waals surface area contributed by atoms with Crippen molar-refractivity contribution in [3.8, 4) is 23.0 Å². The van der Waals surface area contributed by atoms with Crippen LogP contribution in [-0.4, -0.2) is 45.1 Å². The maximum Gasteiger partial charge on any atom is 0.139 e. The molecule has 158 valence electrons. The van der Waals surface area contributed by atoms with Gasteiger partial charge in [-0.1, -0.05) is 25.6 Å². The molecule has 0 spiro atoms. The molecule has 0 amide bonds. The second kappa shape index (κ2) is 8.38. The minimum atomic E-state index is -1.08. The second-order valence-corrected chi connectivity index (χ2v) is 15.0. The zero-order valence-corrected chi connectivity index (χ0v) is 19.0. The first kappa shape index (κ1) is 20.9. The normalized spacial score (nSPS) is 16.0. The molecule has 0 aromatic carbocycles. The van der Waals surface area contributed by atoms with Crippen LogP contribution >= 0.6 is 0 Å². The van der Waals surface area contributed by atoms with Crippen LogP contribution in [0.5, 0.6) is 0 Å². The molecule has 1 aliphatic rings. The summed E-state index contributed by atoms with van der Waals surface area (Å²) >= 11 is 0. The molecule has 0 radical (unpaired) electrons. The number of nitrogens with zero attached hydrogens (tertiary/aromatic N) is 3. The van der Waals surface area contributed by atoms with E-state index in [9.17, 15) is 5.11 Å². The van der Waals surface area contributed by atoms with Gasteiger partial charge < -0.3 is 14.8 Å². The summed E-state index contributed by atoms with van der Waals surface area (Å²) < 4.78 is 7.63. The van der Waals surface area contributed by atoms with E-state index in [0.717, 1.165) is 60.4 Å². The molecule has 0 atom stereocenters. The summed E-state index contributed by atoms with van der Waals surface area (Å²) in [6.45, 7) is 8.28. The number of hydrogen-bond acceptors (Lipinski definition) is 4. The molecule has 7 heteroatoms. The molecule has 0 unspecified atom stereocenters. The first-order chi connectivity index (χ1) is 14.3. The topological polar surface area (TPSA) is 76.0 Å². The average Bonchev–Trinajstić information content (AvgIpc) is 3.42. The number of H-pyrrole nitrogens is 1. The van der Waals surface area contributed by atoms with Crippen molar-refractivity contribution >= 4 is 19.0 Å². The molecular formula is C23H30N4O2Si. The lowest BCUT2D eigenvalue weighted by molar-refractivity contribution is 0.0786. The Morgan fingerprint density at radius 2 is 2.07 bits per heavy atom. The first-order valence-electron chi connectivity index (χ1n) is 10.6. The zero-order chi connectivity index (χ0) is 21.2. The predicted molar refractivity (Wildman–Crippen MR) is 122 cm³/mol. The maximum absolute atomic E-state index is 10.5. The number of aliphatic hydroxyl groups is 1. The van der Waals surface area contributed by atoms with Crippen molar-refractivity contribution in [2.45, 2.75) is 63.7 Å². The van der Waals surface area contributed by atoms with E-state index in [1.807, 2.05) is 29.3 Å². The number of fused-ring (bicyclic) bond motifs is 1. The third-order valence-corrected chi connectivity index (χ3v) is 7.29. The van der Waals surface area contributed by atoms with Gasteiger partial charge in [-0.15, -0.1) is 0 Å². The average molecular weight is 423 g/mol. The van der Waals surface area contributed by atoms with E-state index in [4.69, 9.17) is 4.74 Å². The van der Waals surface area contributed by atoms with Crippen LogP contribution in [0.4, 0.5) is 0 Å². The van der Waals surface area contributed by atoms with Gasteiger partial charge in [0.1, 0.15) is 18.0 Å². The summed E-state index contributed by atoms with van der Waals surface area (Å²) in [5.74, 6) is 6.11. The zero-order valence-electron chi connectivity index (χ0n) is 18.0. The van der Waals surface area contributed by atoms with Gasteiger partial charge in [-0.3, -0.25) is 0 Å². The van der Waals surface area contributed by atoms with Gasteiger partial charge in [0.25, 0.3) is 0 Å². The molecule has 3 aromatic heterocycles. The minimum absolute atomic E-state index is 0.462. The van der Waals surface area contributed by atoms with E-state index >= 15 is 0 Å². The van der Waals surface area contributed by atoms with Crippen LogP contribution in [0, 0.1) is 11.8 Å². The summed E-state index contributed by atoms with van der Waals surface area (Å²) in [4.78, 5) is 7.70. The lowest BCUT2D eigenvalue weighted by Crippen LogP contribution is -2.22. The fraction of sp³-hybridized carbons (Fsp3) is 0.478. The van der Waals surface area contributed by atoms with E-state index < -0.39 is 13.7 Å². The smallest absolute Gasteiger partial charge is 0.139 e. The molecule has 4 rings (SSSR count). The minimum Gasteiger partial charge on any atom is -0.378 e. The number of ether oxygens (including phenoxy) is 1. The summed E-state index contributed by atoms with van der Waals surface area (Å²) in [5.41, 5.74) is 2.85. The van der Waals surface area contributed by atoms with Crippen molar-refractivity contribution in [1.29, 1.82) is 0 Å². The van der Waals surface area contributed by atoms with Crippen LogP contribution in [-0.2, 0) is 11.5 Å². The van der Waals surface area contributed by atoms with Gasteiger partial charge in [0.15, 0.2) is 0 Å². The molecule has 1 saturated carbocycles. The second-order valence-electron chi connectivity index (χ2n) is 9.42. The Morgan fingerprint density at radius 3 is 2.83 bits per heavy atom. The summed E-state index contributed by atoms with van der Waals surface area (Å²) in [6.07, 6.45) is 11.2. The van der Waals surface area contributed by atoms with Crippen LogP contribution in [0.3, 0.4) is 0 Å². The quantitative estimate of drug-likeness (QED) is 0.351. The molecule has 30 heavy (non-hydrogen) atoms. The fourth-order valence-corrected chi connectivity index (χ4v) is 4.46. The van der Waals surface area contributed by atoms with Crippen LogP contribution in [0.15, 0.2) is 30.9 Å². The number of aromatic amines is 1. The molecule has 2 N–H and O–H groups in total. The third kappa shape index (κ3) is 5.01. The first-order valence-corrected chi connectivity index (χ1v) is 14.4. The lowest BCUT2D eigenvalue weighted by Gasteiger charge is -2.15. The monoisotopic (exact) mass is 422 g/mol. The van der Waals surface area contributed by atoms with Gasteiger partial charge >= 0.3 is 0 Å². The summed E-state index contributed by atoms with van der Waals surface area (Å²) in [6, 6.07) is 3.13. The Morgan fingerprint density at radius 1 is 1.27 bits per heavy atom. The van der Waals surface area contributed by atoms with Crippen molar-refractivity contribution in [3.63, 3.8) is 0 Å². The standard InChI is InChI=1S/C23H30N4O2Si/c1-30(2,3)11-10-29-17-27-16-18(13-26-27)21-14-25-22-15-24-19(12-20(21)22)6-9-23(28)7-4-5-8-23/h12-16,25,28H,4-5,7-8,10-11,17H2,1-3H3. The van der Waals surface area contributed by atoms with Gasteiger partial charge in [0.05, 0.1) is 17.9 Å². The molecule has 1 fully saturated rings. The highest BCUT2D eigenvalue weighted by Gasteiger charge is 2.28. The number of nitrogens with one attached hydrogen (secondary N) is 1. The maximum atomic E-state index is 10.5. The van der Waals surface area contributed by atoms with Gasteiger partial charge in [-0.25, -0.2) is 9.67 Å². The van der Waals surface area contributed by atoms with Crippen molar-refractivity contribution in [2.24, 2.45) is 0 Å². The van der Waals surface area contributed by atoms with Gasteiger partial charge in [0, 0.05) is 43.6 Å². The molecule has 6 nitrogen and oxygen atoms in total. The predicted octanol–water partition coefficient (Wildman–Crippen LogP) is 4.40. The number of aromatic nitrogens is 4. The largest absolute Gasteiger partial charge is 0.378 e. The van der Waals surface area contributed by atoms with E-state index in [1.54, 1.807) is 6.20 Å². The number of rotatable bonds is 6. The molecule has 3 aromatic rings. The Bertz CT molecular complexity index is 1080. The van der Waals surface area contributed by atoms with Gasteiger partial charge in [-0.2, -0.15) is 5.10 Å². The highest BCUT2D eigenvalue weighted by Crippen LogP contribution is 2.30. The molecule has 1 aliphatic carbocycles. The molecule has 0 bridgehead atoms. The Labute approximate surface area is 178 Å². The molecule has 3 heterocycles. The Hall–Kier alpha value is -2.40. The van der Waals surface area contributed by atoms with Gasteiger partial charge in [0.2, 0.25) is 0 Å². The van der Waals surface area contributed by atoms with Crippen LogP contribution in [0.1, 0.15) is 31.4 Å². The third-order valence-electron chi connectivity index (χ3n) is 5.58. The van der Waals surface area contributed by atoms with Gasteiger partial charge in [-0.05, 0) is 43.7 Å². The summed E-state index contributed by atoms with van der Waals surface area (Å²) in [5, 5.41) is 16.0. The lowest BCUT2D eigenvalue weighted by atomic mass is 10.0. The van der Waals surface area contributed by atoms with Crippen molar-refractivity contribution in [3.05, 3.63) is 36.5 Å². The Kier molecular flexibility index (Phi) is 5.83. The van der Waals surface area contributed by atoms with Crippen molar-refractivity contribution in [1.82, 2.24) is 19.7 Å². The summed E-state index contributed by atoms with van der Waals surface area (Å²) in [7, 11) is -1.08. The molecule has 0 aliphatic heterocycles. The fourth-order valence-electron chi connectivity index (χ4n) is 3.70. The number of hydrogen-bond donors (Lipinski definition) is 2.